The smallest absolute Gasteiger partial charge is 0.272 e. The topological polar surface area (TPSA) is 100 Å². The maximum absolute atomic E-state index is 13.8. The number of amides is 3. The number of nitrogens with one attached hydrogen (secondary N) is 3. The van der Waals surface area contributed by atoms with Gasteiger partial charge < -0.3 is 16.0 Å². The lowest BCUT2D eigenvalue weighted by molar-refractivity contribution is -0.116. The van der Waals surface area contributed by atoms with E-state index in [2.05, 4.69) is 20.9 Å². The van der Waals surface area contributed by atoms with Gasteiger partial charge in [0.1, 0.15) is 10.9 Å². The van der Waals surface area contributed by atoms with Crippen LogP contribution in [-0.2, 0) is 9.59 Å². The zero-order chi connectivity index (χ0) is 34.9. The maximum atomic E-state index is 13.8. The van der Waals surface area contributed by atoms with Gasteiger partial charge in [0.25, 0.3) is 11.8 Å². The molecule has 6 rings (SSSR count). The highest BCUT2D eigenvalue weighted by Crippen LogP contribution is 2.38. The van der Waals surface area contributed by atoms with E-state index in [0.717, 1.165) is 32.8 Å². The standard InChI is InChI=1S/C40H31ClN4O3S2/c1-26-11-8-9-16-30(26)23-34(43-37(46)29-14-6-3-7-15-29)38(47)42-32-17-10-18-33(24-32)50-36(28-12-4-2-5-13-28)39(48)45-40-44-35(25-49-40)27-19-21-31(41)22-20-27/h2-25,36H,1H3,(H,42,47)(H,43,46)(H,44,45,48)/b34-23-. The van der Waals surface area contributed by atoms with Crippen molar-refractivity contribution in [2.45, 2.75) is 17.1 Å². The van der Waals surface area contributed by atoms with Crippen molar-refractivity contribution in [1.82, 2.24) is 10.3 Å². The van der Waals surface area contributed by atoms with Crippen molar-refractivity contribution in [3.63, 3.8) is 0 Å². The molecule has 1 heterocycles. The molecule has 0 radical (unpaired) electrons. The minimum absolute atomic E-state index is 0.0918. The molecule has 1 unspecified atom stereocenters. The molecule has 0 fully saturated rings. The zero-order valence-electron chi connectivity index (χ0n) is 26.8. The van der Waals surface area contributed by atoms with Crippen molar-refractivity contribution in [2.24, 2.45) is 0 Å². The number of anilines is 2. The van der Waals surface area contributed by atoms with E-state index < -0.39 is 17.1 Å². The minimum atomic E-state index is -0.619. The fraction of sp³-hybridized carbons (Fsp3) is 0.0500. The van der Waals surface area contributed by atoms with Gasteiger partial charge in [0.15, 0.2) is 5.13 Å². The SMILES string of the molecule is Cc1ccccc1/C=C(\NC(=O)c1ccccc1)C(=O)Nc1cccc(SC(C(=O)Nc2nc(-c3ccc(Cl)cc3)cs2)c2ccccc2)c1. The number of nitrogens with zero attached hydrogens (tertiary/aromatic N) is 1. The van der Waals surface area contributed by atoms with Crippen LogP contribution in [0.1, 0.15) is 32.3 Å². The van der Waals surface area contributed by atoms with Crippen molar-refractivity contribution in [1.29, 1.82) is 0 Å². The number of thiazole rings is 1. The summed E-state index contributed by atoms with van der Waals surface area (Å²) >= 11 is 8.73. The van der Waals surface area contributed by atoms with Gasteiger partial charge in [0.05, 0.1) is 5.69 Å². The second-order valence-electron chi connectivity index (χ2n) is 11.2. The van der Waals surface area contributed by atoms with Crippen molar-refractivity contribution in [3.05, 3.63) is 172 Å². The molecule has 0 spiro atoms. The Kier molecular flexibility index (Phi) is 11.2. The lowest BCUT2D eigenvalue weighted by Gasteiger charge is -2.17. The number of aromatic nitrogens is 1. The van der Waals surface area contributed by atoms with Gasteiger partial charge in [0.2, 0.25) is 5.91 Å². The first-order valence-corrected chi connectivity index (χ1v) is 17.8. The number of halogens is 1. The van der Waals surface area contributed by atoms with Gasteiger partial charge in [-0.25, -0.2) is 4.98 Å². The molecule has 3 N–H and O–H groups in total. The molecule has 3 amide bonds. The molecule has 0 aliphatic heterocycles. The van der Waals surface area contributed by atoms with Gasteiger partial charge in [-0.2, -0.15) is 0 Å². The fourth-order valence-corrected chi connectivity index (χ4v) is 6.92. The fourth-order valence-electron chi connectivity index (χ4n) is 4.98. The first kappa shape index (κ1) is 34.4. The first-order chi connectivity index (χ1) is 24.3. The third-order valence-electron chi connectivity index (χ3n) is 7.58. The average Bonchev–Trinajstić information content (AvgIpc) is 3.60. The molecule has 6 aromatic rings. The van der Waals surface area contributed by atoms with Gasteiger partial charge in [-0.1, -0.05) is 103 Å². The molecule has 0 saturated heterocycles. The van der Waals surface area contributed by atoms with Crippen molar-refractivity contribution >= 4 is 69.3 Å². The van der Waals surface area contributed by atoms with Gasteiger partial charge in [-0.05, 0) is 72.2 Å². The van der Waals surface area contributed by atoms with E-state index >= 15 is 0 Å². The molecule has 1 atom stereocenters. The number of carbonyl (C=O) groups is 3. The van der Waals surface area contributed by atoms with Crippen LogP contribution in [0.2, 0.25) is 5.02 Å². The summed E-state index contributed by atoms with van der Waals surface area (Å²) in [6.07, 6.45) is 1.66. The monoisotopic (exact) mass is 714 g/mol. The van der Waals surface area contributed by atoms with E-state index in [9.17, 15) is 14.4 Å². The summed E-state index contributed by atoms with van der Waals surface area (Å²) in [6, 6.07) is 40.5. The second-order valence-corrected chi connectivity index (χ2v) is 13.6. The molecule has 5 aromatic carbocycles. The van der Waals surface area contributed by atoms with Crippen LogP contribution in [0.25, 0.3) is 17.3 Å². The summed E-state index contributed by atoms with van der Waals surface area (Å²) < 4.78 is 0. The Labute approximate surface area is 303 Å². The number of benzene rings is 5. The molecular weight excluding hydrogens is 684 g/mol. The lowest BCUT2D eigenvalue weighted by Crippen LogP contribution is -2.30. The Morgan fingerprint density at radius 1 is 0.800 bits per heavy atom. The van der Waals surface area contributed by atoms with Crippen molar-refractivity contribution in [3.8, 4) is 11.3 Å². The van der Waals surface area contributed by atoms with Gasteiger partial charge in [-0.15, -0.1) is 23.1 Å². The van der Waals surface area contributed by atoms with Crippen LogP contribution in [-0.4, -0.2) is 22.7 Å². The zero-order valence-corrected chi connectivity index (χ0v) is 29.2. The highest BCUT2D eigenvalue weighted by Gasteiger charge is 2.24. The molecule has 0 aliphatic carbocycles. The highest BCUT2D eigenvalue weighted by atomic mass is 35.5. The molecule has 0 saturated carbocycles. The van der Waals surface area contributed by atoms with Crippen molar-refractivity contribution < 1.29 is 14.4 Å². The molecular formula is C40H31ClN4O3S2. The Hall–Kier alpha value is -5.48. The number of thioether (sulfide) groups is 1. The summed E-state index contributed by atoms with van der Waals surface area (Å²) in [7, 11) is 0. The van der Waals surface area contributed by atoms with E-state index in [1.165, 1.54) is 23.1 Å². The third kappa shape index (κ3) is 8.95. The average molecular weight is 715 g/mol. The number of rotatable bonds is 11. The number of hydrogen-bond acceptors (Lipinski definition) is 6. The van der Waals surface area contributed by atoms with E-state index in [0.29, 0.717) is 21.4 Å². The molecule has 10 heteroatoms. The van der Waals surface area contributed by atoms with E-state index in [1.54, 1.807) is 54.6 Å². The predicted octanol–water partition coefficient (Wildman–Crippen LogP) is 9.65. The molecule has 0 aliphatic rings. The molecule has 0 bridgehead atoms. The van der Waals surface area contributed by atoms with E-state index in [-0.39, 0.29) is 11.6 Å². The lowest BCUT2D eigenvalue weighted by atomic mass is 10.1. The van der Waals surface area contributed by atoms with Gasteiger partial charge in [0, 0.05) is 32.1 Å². The summed E-state index contributed by atoms with van der Waals surface area (Å²) in [5.74, 6) is -1.13. The number of carbonyl (C=O) groups excluding carboxylic acids is 3. The third-order valence-corrected chi connectivity index (χ3v) is 9.84. The molecule has 1 aromatic heterocycles. The van der Waals surface area contributed by atoms with Crippen LogP contribution in [0.15, 0.2) is 149 Å². The summed E-state index contributed by atoms with van der Waals surface area (Å²) in [5.41, 5.74) is 5.23. The molecule has 248 valence electrons. The Morgan fingerprint density at radius 2 is 1.50 bits per heavy atom. The van der Waals surface area contributed by atoms with Gasteiger partial charge in [-0.3, -0.25) is 14.4 Å². The van der Waals surface area contributed by atoms with E-state index in [4.69, 9.17) is 11.6 Å². The molecule has 50 heavy (non-hydrogen) atoms. The predicted molar refractivity (Wildman–Crippen MR) is 204 cm³/mol. The van der Waals surface area contributed by atoms with Gasteiger partial charge >= 0.3 is 0 Å². The van der Waals surface area contributed by atoms with Crippen LogP contribution >= 0.6 is 34.7 Å². The van der Waals surface area contributed by atoms with Crippen molar-refractivity contribution in [2.75, 3.05) is 10.6 Å². The quantitative estimate of drug-likeness (QED) is 0.0917. The Morgan fingerprint density at radius 3 is 2.24 bits per heavy atom. The number of hydrogen-bond donors (Lipinski definition) is 3. The Bertz CT molecular complexity index is 2150. The summed E-state index contributed by atoms with van der Waals surface area (Å²) in [4.78, 5) is 46.0. The van der Waals surface area contributed by atoms with Crippen LogP contribution < -0.4 is 16.0 Å². The van der Waals surface area contributed by atoms with Crippen LogP contribution in [0.4, 0.5) is 10.8 Å². The van der Waals surface area contributed by atoms with E-state index in [1.807, 2.05) is 97.2 Å². The Balaban J connectivity index is 1.21. The largest absolute Gasteiger partial charge is 0.321 e. The van der Waals surface area contributed by atoms with Crippen LogP contribution in [0, 0.1) is 6.92 Å². The number of aryl methyl sites for hydroxylation is 1. The summed E-state index contributed by atoms with van der Waals surface area (Å²) in [5, 5.41) is 11.1. The second kappa shape index (κ2) is 16.3. The normalized spacial score (nSPS) is 11.8. The maximum Gasteiger partial charge on any atom is 0.272 e. The highest BCUT2D eigenvalue weighted by molar-refractivity contribution is 8.00. The van der Waals surface area contributed by atoms with Crippen LogP contribution in [0.5, 0.6) is 0 Å². The molecule has 7 nitrogen and oxygen atoms in total. The summed E-state index contributed by atoms with van der Waals surface area (Å²) in [6.45, 7) is 1.94. The first-order valence-electron chi connectivity index (χ1n) is 15.6. The van der Waals surface area contributed by atoms with Crippen LogP contribution in [0.3, 0.4) is 0 Å². The minimum Gasteiger partial charge on any atom is -0.321 e.